The summed E-state index contributed by atoms with van der Waals surface area (Å²) in [6, 6.07) is 19.3. The molecular formula is C28H38N2O3. The number of rotatable bonds is 12. The van der Waals surface area contributed by atoms with Gasteiger partial charge in [-0.15, -0.1) is 0 Å². The molecule has 0 saturated carbocycles. The van der Waals surface area contributed by atoms with Crippen LogP contribution >= 0.6 is 0 Å². The lowest BCUT2D eigenvalue weighted by Crippen LogP contribution is -2.47. The third kappa shape index (κ3) is 8.01. The number of carboxylic acid groups (broad SMARTS) is 1. The molecule has 2 aromatic rings. The van der Waals surface area contributed by atoms with Crippen LogP contribution in [0.2, 0.25) is 0 Å². The normalized spacial score (nSPS) is 14.8. The molecule has 5 heteroatoms. The molecule has 2 aromatic carbocycles. The molecule has 0 spiro atoms. The fraction of sp³-hybridized carbons (Fsp3) is 0.500. The quantitative estimate of drug-likeness (QED) is 0.444. The Morgan fingerprint density at radius 3 is 2.15 bits per heavy atom. The summed E-state index contributed by atoms with van der Waals surface area (Å²) < 4.78 is 0. The molecule has 1 saturated heterocycles. The van der Waals surface area contributed by atoms with Gasteiger partial charge in [-0.25, -0.2) is 0 Å². The second-order valence-electron chi connectivity index (χ2n) is 9.05. The average Bonchev–Trinajstić information content (AvgIpc) is 2.84. The number of amides is 1. The fourth-order valence-electron chi connectivity index (χ4n) is 4.66. The Balaban J connectivity index is 1.41. The van der Waals surface area contributed by atoms with Crippen molar-refractivity contribution in [1.29, 1.82) is 0 Å². The minimum Gasteiger partial charge on any atom is -0.481 e. The number of hydrogen-bond donors (Lipinski definition) is 1. The van der Waals surface area contributed by atoms with Gasteiger partial charge in [-0.1, -0.05) is 55.8 Å². The van der Waals surface area contributed by atoms with Gasteiger partial charge < -0.3 is 14.9 Å². The van der Waals surface area contributed by atoms with Gasteiger partial charge in [-0.3, -0.25) is 9.59 Å². The van der Waals surface area contributed by atoms with Gasteiger partial charge in [0, 0.05) is 44.2 Å². The van der Waals surface area contributed by atoms with Crippen LogP contribution in [-0.2, 0) is 22.4 Å². The van der Waals surface area contributed by atoms with Crippen LogP contribution < -0.4 is 4.90 Å². The number of carbonyl (C=O) groups excluding carboxylic acids is 1. The van der Waals surface area contributed by atoms with Crippen LogP contribution in [0.15, 0.2) is 54.6 Å². The second kappa shape index (κ2) is 13.1. The number of unbranched alkanes of at least 4 members (excludes halogenated alkanes) is 2. The number of carboxylic acids is 1. The van der Waals surface area contributed by atoms with Crippen molar-refractivity contribution in [2.24, 2.45) is 0 Å². The number of aryl methyl sites for hydroxylation is 1. The van der Waals surface area contributed by atoms with Gasteiger partial charge in [0.15, 0.2) is 0 Å². The van der Waals surface area contributed by atoms with Crippen molar-refractivity contribution in [3.8, 4) is 0 Å². The largest absolute Gasteiger partial charge is 0.481 e. The topological polar surface area (TPSA) is 60.9 Å². The maximum absolute atomic E-state index is 12.6. The van der Waals surface area contributed by atoms with E-state index >= 15 is 0 Å². The summed E-state index contributed by atoms with van der Waals surface area (Å²) in [6.07, 6.45) is 7.67. The number of likely N-dealkylation sites (tertiary alicyclic amines) is 1. The maximum Gasteiger partial charge on any atom is 0.303 e. The fourth-order valence-corrected chi connectivity index (χ4v) is 4.66. The Hall–Kier alpha value is -2.66. The first-order valence-electron chi connectivity index (χ1n) is 12.5. The number of carbonyl (C=O) groups is 2. The predicted octanol–water partition coefficient (Wildman–Crippen LogP) is 5.32. The van der Waals surface area contributed by atoms with E-state index in [9.17, 15) is 9.59 Å². The van der Waals surface area contributed by atoms with Crippen molar-refractivity contribution in [2.45, 2.75) is 70.8 Å². The van der Waals surface area contributed by atoms with Crippen LogP contribution in [0.25, 0.3) is 0 Å². The highest BCUT2D eigenvalue weighted by Crippen LogP contribution is 2.24. The molecule has 1 aliphatic heterocycles. The third-order valence-electron chi connectivity index (χ3n) is 6.62. The number of anilines is 1. The zero-order chi connectivity index (χ0) is 23.5. The summed E-state index contributed by atoms with van der Waals surface area (Å²) in [4.78, 5) is 27.8. The highest BCUT2D eigenvalue weighted by atomic mass is 16.4. The van der Waals surface area contributed by atoms with E-state index in [4.69, 9.17) is 5.11 Å². The Kier molecular flexibility index (Phi) is 9.95. The van der Waals surface area contributed by atoms with E-state index in [1.165, 1.54) is 11.1 Å². The van der Waals surface area contributed by atoms with Crippen LogP contribution in [0.3, 0.4) is 0 Å². The van der Waals surface area contributed by atoms with Crippen molar-refractivity contribution < 1.29 is 14.7 Å². The van der Waals surface area contributed by atoms with Crippen molar-refractivity contribution in [2.75, 3.05) is 24.5 Å². The first kappa shape index (κ1) is 25.0. The van der Waals surface area contributed by atoms with Crippen LogP contribution in [-0.4, -0.2) is 47.6 Å². The molecule has 178 valence electrons. The summed E-state index contributed by atoms with van der Waals surface area (Å²) in [5.41, 5.74) is 3.71. The van der Waals surface area contributed by atoms with Crippen molar-refractivity contribution in [1.82, 2.24) is 4.90 Å². The van der Waals surface area contributed by atoms with Crippen LogP contribution in [0, 0.1) is 0 Å². The Morgan fingerprint density at radius 1 is 0.909 bits per heavy atom. The minimum absolute atomic E-state index is 0.210. The van der Waals surface area contributed by atoms with Gasteiger partial charge in [-0.2, -0.15) is 0 Å². The molecule has 1 fully saturated rings. The molecular weight excluding hydrogens is 412 g/mol. The zero-order valence-corrected chi connectivity index (χ0v) is 19.9. The number of piperidine rings is 1. The van der Waals surface area contributed by atoms with Crippen LogP contribution in [0.4, 0.5) is 5.69 Å². The first-order valence-corrected chi connectivity index (χ1v) is 12.5. The van der Waals surface area contributed by atoms with Gasteiger partial charge in [0.25, 0.3) is 0 Å². The summed E-state index contributed by atoms with van der Waals surface area (Å²) in [5.74, 6) is -0.492. The number of hydrogen-bond acceptors (Lipinski definition) is 3. The van der Waals surface area contributed by atoms with Crippen molar-refractivity contribution in [3.05, 3.63) is 65.7 Å². The summed E-state index contributed by atoms with van der Waals surface area (Å²) in [5, 5.41) is 8.70. The van der Waals surface area contributed by atoms with Crippen molar-refractivity contribution >= 4 is 17.6 Å². The van der Waals surface area contributed by atoms with E-state index in [-0.39, 0.29) is 18.4 Å². The maximum atomic E-state index is 12.6. The highest BCUT2D eigenvalue weighted by Gasteiger charge is 2.28. The van der Waals surface area contributed by atoms with Gasteiger partial charge >= 0.3 is 5.97 Å². The molecule has 1 N–H and O–H groups in total. The Labute approximate surface area is 198 Å². The average molecular weight is 451 g/mol. The van der Waals surface area contributed by atoms with E-state index in [1.54, 1.807) is 0 Å². The summed E-state index contributed by atoms with van der Waals surface area (Å²) in [6.45, 7) is 5.05. The van der Waals surface area contributed by atoms with Crippen molar-refractivity contribution in [3.63, 3.8) is 0 Å². The molecule has 1 amide bonds. The monoisotopic (exact) mass is 450 g/mol. The minimum atomic E-state index is -0.702. The lowest BCUT2D eigenvalue weighted by atomic mass is 10.0. The molecule has 0 atom stereocenters. The molecule has 1 heterocycles. The zero-order valence-electron chi connectivity index (χ0n) is 19.9. The standard InChI is InChI=1S/C28H38N2O3/c1-2-27(31)30(25-10-6-4-7-11-25)26-18-21-29(22-19-26)20-17-24-15-13-23(14-16-24)9-5-3-8-12-28(32)33/h4,6-7,10-11,13-16,26H,2-3,5,8-9,12,17-22H2,1H3,(H,32,33). The van der Waals surface area contributed by atoms with Gasteiger partial charge in [0.05, 0.1) is 0 Å². The molecule has 0 aromatic heterocycles. The first-order chi connectivity index (χ1) is 16.1. The lowest BCUT2D eigenvalue weighted by Gasteiger charge is -2.38. The number of aliphatic carboxylic acids is 1. The molecule has 0 aliphatic carbocycles. The van der Waals surface area contributed by atoms with E-state index in [2.05, 4.69) is 29.2 Å². The number of para-hydroxylation sites is 1. The Bertz CT molecular complexity index is 858. The smallest absolute Gasteiger partial charge is 0.303 e. The molecule has 1 aliphatic rings. The molecule has 0 radical (unpaired) electrons. The highest BCUT2D eigenvalue weighted by molar-refractivity contribution is 5.93. The second-order valence-corrected chi connectivity index (χ2v) is 9.05. The lowest BCUT2D eigenvalue weighted by molar-refractivity contribution is -0.137. The molecule has 3 rings (SSSR count). The van der Waals surface area contributed by atoms with Gasteiger partial charge in [0.2, 0.25) is 5.91 Å². The summed E-state index contributed by atoms with van der Waals surface area (Å²) >= 11 is 0. The Morgan fingerprint density at radius 2 is 1.55 bits per heavy atom. The van der Waals surface area contributed by atoms with Gasteiger partial charge in [0.1, 0.15) is 0 Å². The molecule has 0 bridgehead atoms. The van der Waals surface area contributed by atoms with E-state index in [1.807, 2.05) is 42.2 Å². The number of nitrogens with zero attached hydrogens (tertiary/aromatic N) is 2. The van der Waals surface area contributed by atoms with Crippen LogP contribution in [0.1, 0.15) is 63.0 Å². The summed E-state index contributed by atoms with van der Waals surface area (Å²) in [7, 11) is 0. The molecule has 0 unspecified atom stereocenters. The predicted molar refractivity (Wildman–Crippen MR) is 134 cm³/mol. The van der Waals surface area contributed by atoms with E-state index in [0.29, 0.717) is 6.42 Å². The van der Waals surface area contributed by atoms with Crippen LogP contribution in [0.5, 0.6) is 0 Å². The number of benzene rings is 2. The molecule has 5 nitrogen and oxygen atoms in total. The van der Waals surface area contributed by atoms with E-state index in [0.717, 1.165) is 70.3 Å². The SMILES string of the molecule is CCC(=O)N(c1ccccc1)C1CCN(CCc2ccc(CCCCCC(=O)O)cc2)CC1. The van der Waals surface area contributed by atoms with E-state index < -0.39 is 5.97 Å². The third-order valence-corrected chi connectivity index (χ3v) is 6.62. The molecule has 33 heavy (non-hydrogen) atoms. The van der Waals surface area contributed by atoms with Gasteiger partial charge in [-0.05, 0) is 61.8 Å².